The van der Waals surface area contributed by atoms with Crippen LogP contribution in [0, 0.1) is 0 Å². The van der Waals surface area contributed by atoms with E-state index in [-0.39, 0.29) is 11.1 Å². The summed E-state index contributed by atoms with van der Waals surface area (Å²) >= 11 is 0. The molecule has 0 saturated heterocycles. The van der Waals surface area contributed by atoms with Crippen molar-refractivity contribution in [3.05, 3.63) is 16.7 Å². The number of fused-ring (bicyclic) bond motifs is 1. The van der Waals surface area contributed by atoms with Crippen LogP contribution in [0.15, 0.2) is 15.5 Å². The van der Waals surface area contributed by atoms with E-state index >= 15 is 0 Å². The predicted molar refractivity (Wildman–Crippen MR) is 58.6 cm³/mol. The highest BCUT2D eigenvalue weighted by Crippen LogP contribution is 2.18. The summed E-state index contributed by atoms with van der Waals surface area (Å²) in [4.78, 5) is 19.9. The molecular formula is C10H15N4O2+. The second kappa shape index (κ2) is 3.41. The number of hydrogen-bond donors (Lipinski definition) is 1. The molecule has 6 nitrogen and oxygen atoms in total. The Morgan fingerprint density at radius 3 is 2.69 bits per heavy atom. The molecule has 0 saturated carbocycles. The molecule has 2 rings (SSSR count). The molecule has 0 radical (unpaired) electrons. The van der Waals surface area contributed by atoms with Crippen molar-refractivity contribution in [2.24, 2.45) is 0 Å². The first-order valence-electron chi connectivity index (χ1n) is 5.11. The fourth-order valence-corrected chi connectivity index (χ4v) is 1.48. The van der Waals surface area contributed by atoms with Crippen molar-refractivity contribution in [1.29, 1.82) is 0 Å². The molecule has 6 heteroatoms. The first-order valence-corrected chi connectivity index (χ1v) is 5.11. The molecule has 0 spiro atoms. The molecule has 0 bridgehead atoms. The highest BCUT2D eigenvalue weighted by atomic mass is 16.4. The third kappa shape index (κ3) is 1.61. The van der Waals surface area contributed by atoms with Crippen LogP contribution in [0.3, 0.4) is 0 Å². The lowest BCUT2D eigenvalue weighted by atomic mass is 10.1. The summed E-state index contributed by atoms with van der Waals surface area (Å²) in [7, 11) is 1.77. The van der Waals surface area contributed by atoms with E-state index in [9.17, 15) is 4.79 Å². The first kappa shape index (κ1) is 10.8. The zero-order valence-electron chi connectivity index (χ0n) is 9.81. The number of aromatic nitrogens is 3. The number of nitrogens with two attached hydrogens (primary N) is 1. The van der Waals surface area contributed by atoms with Gasteiger partial charge in [-0.2, -0.15) is 0 Å². The van der Waals surface area contributed by atoms with Crippen LogP contribution in [0.2, 0.25) is 0 Å². The number of quaternary nitrogens is 1. The Morgan fingerprint density at radius 2 is 2.12 bits per heavy atom. The summed E-state index contributed by atoms with van der Waals surface area (Å²) in [6, 6.07) is 0.323. The van der Waals surface area contributed by atoms with E-state index in [1.54, 1.807) is 18.7 Å². The zero-order chi connectivity index (χ0) is 11.9. The second-order valence-electron chi connectivity index (χ2n) is 4.59. The molecule has 0 amide bonds. The van der Waals surface area contributed by atoms with Crippen molar-refractivity contribution in [1.82, 2.24) is 14.5 Å². The highest BCUT2D eigenvalue weighted by molar-refractivity contribution is 5.69. The molecule has 0 unspecified atom stereocenters. The molecule has 2 N–H and O–H groups in total. The molecule has 2 aromatic heterocycles. The number of nitrogens with zero attached hydrogens (tertiary/aromatic N) is 3. The number of imidazole rings is 1. The summed E-state index contributed by atoms with van der Waals surface area (Å²) in [6.45, 7) is 6.08. The Balaban J connectivity index is 2.81. The monoisotopic (exact) mass is 223 g/mol. The lowest BCUT2D eigenvalue weighted by Gasteiger charge is -2.20. The molecule has 16 heavy (non-hydrogen) atoms. The minimum atomic E-state index is -0.443. The maximum absolute atomic E-state index is 11.6. The van der Waals surface area contributed by atoms with E-state index in [2.05, 4.69) is 9.97 Å². The number of rotatable bonds is 1. The molecule has 2 aromatic rings. The Kier molecular flexibility index (Phi) is 2.31. The lowest BCUT2D eigenvalue weighted by molar-refractivity contribution is -0.558. The lowest BCUT2D eigenvalue weighted by Crippen LogP contribution is -2.73. The van der Waals surface area contributed by atoms with Gasteiger partial charge in [0.05, 0.1) is 13.4 Å². The van der Waals surface area contributed by atoms with Gasteiger partial charge in [-0.15, -0.1) is 4.98 Å². The minimum absolute atomic E-state index is 0.166. The van der Waals surface area contributed by atoms with Crippen molar-refractivity contribution >= 4 is 17.2 Å². The third-order valence-electron chi connectivity index (χ3n) is 2.32. The number of hydrogen-bond acceptors (Lipinski definition) is 4. The van der Waals surface area contributed by atoms with Gasteiger partial charge in [0.15, 0.2) is 11.2 Å². The van der Waals surface area contributed by atoms with Crippen molar-refractivity contribution in [2.45, 2.75) is 26.3 Å². The van der Waals surface area contributed by atoms with Gasteiger partial charge in [0.1, 0.15) is 0 Å². The van der Waals surface area contributed by atoms with Crippen LogP contribution in [-0.4, -0.2) is 21.6 Å². The Bertz CT molecular complexity index is 576. The summed E-state index contributed by atoms with van der Waals surface area (Å²) in [5.74, 6) is 0. The van der Waals surface area contributed by atoms with Gasteiger partial charge in [-0.1, -0.05) is 0 Å². The zero-order valence-corrected chi connectivity index (χ0v) is 9.81. The van der Waals surface area contributed by atoms with E-state index in [1.165, 1.54) is 0 Å². The highest BCUT2D eigenvalue weighted by Gasteiger charge is 2.20. The molecule has 0 atom stereocenters. The molecule has 0 aromatic carbocycles. The topological polar surface area (TPSA) is 77.5 Å². The molecule has 2 heterocycles. The van der Waals surface area contributed by atoms with E-state index < -0.39 is 5.63 Å². The van der Waals surface area contributed by atoms with Gasteiger partial charge in [-0.3, -0.25) is 5.32 Å². The fourth-order valence-electron chi connectivity index (χ4n) is 1.48. The summed E-state index contributed by atoms with van der Waals surface area (Å²) in [5.41, 5.74) is 0.235. The van der Waals surface area contributed by atoms with Crippen LogP contribution < -0.4 is 10.9 Å². The maximum Gasteiger partial charge on any atom is 0.405 e. The van der Waals surface area contributed by atoms with E-state index in [0.717, 1.165) is 0 Å². The van der Waals surface area contributed by atoms with Crippen molar-refractivity contribution in [3.8, 4) is 0 Å². The van der Waals surface area contributed by atoms with E-state index in [4.69, 9.17) is 4.42 Å². The SMILES string of the molecule is C[NH2+]c1nc2c(ncn2C(C)(C)C)c(=O)o1. The van der Waals surface area contributed by atoms with Crippen LogP contribution in [0.1, 0.15) is 20.8 Å². The molecule has 0 aliphatic carbocycles. The minimum Gasteiger partial charge on any atom is -0.357 e. The standard InChI is InChI=1S/C10H14N4O2/c1-10(2,3)14-5-12-6-7(14)13-9(11-4)16-8(6)15/h5H,1-4H3,(H,11,13)/p+1. The van der Waals surface area contributed by atoms with Crippen LogP contribution in [0.25, 0.3) is 11.2 Å². The fraction of sp³-hybridized carbons (Fsp3) is 0.500. The van der Waals surface area contributed by atoms with E-state index in [1.807, 2.05) is 25.3 Å². The van der Waals surface area contributed by atoms with Crippen LogP contribution in [0.4, 0.5) is 6.01 Å². The molecular weight excluding hydrogens is 208 g/mol. The smallest absolute Gasteiger partial charge is 0.357 e. The predicted octanol–water partition coefficient (Wildman–Crippen LogP) is -0.0358. The Labute approximate surface area is 92.3 Å². The van der Waals surface area contributed by atoms with Crippen molar-refractivity contribution in [3.63, 3.8) is 0 Å². The summed E-state index contributed by atoms with van der Waals surface area (Å²) in [5, 5.41) is 1.65. The van der Waals surface area contributed by atoms with Crippen molar-refractivity contribution < 1.29 is 9.73 Å². The van der Waals surface area contributed by atoms with E-state index in [0.29, 0.717) is 11.7 Å². The largest absolute Gasteiger partial charge is 0.405 e. The van der Waals surface area contributed by atoms with Gasteiger partial charge in [-0.25, -0.2) is 9.78 Å². The normalized spacial score (nSPS) is 12.2. The summed E-state index contributed by atoms with van der Waals surface area (Å²) < 4.78 is 6.83. The van der Waals surface area contributed by atoms with Crippen LogP contribution in [-0.2, 0) is 5.54 Å². The second-order valence-corrected chi connectivity index (χ2v) is 4.59. The summed E-state index contributed by atoms with van der Waals surface area (Å²) in [6.07, 6.45) is 1.62. The molecule has 86 valence electrons. The molecule has 0 aliphatic heterocycles. The molecule has 0 aliphatic rings. The van der Waals surface area contributed by atoms with Gasteiger partial charge in [0.25, 0.3) is 0 Å². The Morgan fingerprint density at radius 1 is 1.44 bits per heavy atom. The maximum atomic E-state index is 11.6. The first-order chi connectivity index (χ1) is 7.43. The average Bonchev–Trinajstić information content (AvgIpc) is 2.60. The average molecular weight is 223 g/mol. The molecule has 0 fully saturated rings. The van der Waals surface area contributed by atoms with Crippen molar-refractivity contribution in [2.75, 3.05) is 7.05 Å². The quantitative estimate of drug-likeness (QED) is 0.736. The van der Waals surface area contributed by atoms with Gasteiger partial charge in [-0.05, 0) is 20.8 Å². The van der Waals surface area contributed by atoms with Crippen LogP contribution >= 0.6 is 0 Å². The van der Waals surface area contributed by atoms with Gasteiger partial charge >= 0.3 is 11.6 Å². The van der Waals surface area contributed by atoms with Gasteiger partial charge in [0.2, 0.25) is 0 Å². The van der Waals surface area contributed by atoms with Gasteiger partial charge < -0.3 is 8.98 Å². The van der Waals surface area contributed by atoms with Gasteiger partial charge in [0, 0.05) is 5.54 Å². The Hall–Kier alpha value is -1.69. The van der Waals surface area contributed by atoms with Crippen LogP contribution in [0.5, 0.6) is 0 Å². The third-order valence-corrected chi connectivity index (χ3v) is 2.32.